The van der Waals surface area contributed by atoms with Crippen molar-refractivity contribution < 1.29 is 14.0 Å². The summed E-state index contributed by atoms with van der Waals surface area (Å²) in [5.74, 6) is -0.0961. The molecule has 1 saturated carbocycles. The van der Waals surface area contributed by atoms with Gasteiger partial charge in [0, 0.05) is 25.6 Å². The highest BCUT2D eigenvalue weighted by atomic mass is 35.5. The summed E-state index contributed by atoms with van der Waals surface area (Å²) < 4.78 is 13.3. The van der Waals surface area contributed by atoms with E-state index in [1.165, 1.54) is 12.1 Å². The van der Waals surface area contributed by atoms with Crippen LogP contribution < -0.4 is 5.73 Å². The fourth-order valence-electron chi connectivity index (χ4n) is 3.80. The van der Waals surface area contributed by atoms with Crippen molar-refractivity contribution in [2.75, 3.05) is 26.2 Å². The quantitative estimate of drug-likeness (QED) is 0.880. The highest BCUT2D eigenvalue weighted by molar-refractivity contribution is 5.87. The Labute approximate surface area is 153 Å². The second-order valence-electron chi connectivity index (χ2n) is 6.74. The molecule has 2 amide bonds. The van der Waals surface area contributed by atoms with Crippen LogP contribution in [-0.4, -0.2) is 47.8 Å². The molecule has 1 aliphatic heterocycles. The first-order chi connectivity index (χ1) is 11.6. The molecule has 2 fully saturated rings. The van der Waals surface area contributed by atoms with Gasteiger partial charge in [-0.15, -0.1) is 12.4 Å². The van der Waals surface area contributed by atoms with Gasteiger partial charge in [0.05, 0.1) is 6.54 Å². The Kier molecular flexibility index (Phi) is 6.79. The Morgan fingerprint density at radius 3 is 2.76 bits per heavy atom. The van der Waals surface area contributed by atoms with Crippen molar-refractivity contribution in [1.29, 1.82) is 0 Å². The van der Waals surface area contributed by atoms with Crippen LogP contribution in [0.15, 0.2) is 24.3 Å². The maximum Gasteiger partial charge on any atom is 0.242 e. The van der Waals surface area contributed by atoms with Gasteiger partial charge in [-0.3, -0.25) is 9.59 Å². The summed E-state index contributed by atoms with van der Waals surface area (Å²) in [6.07, 6.45) is 2.91. The van der Waals surface area contributed by atoms with Crippen molar-refractivity contribution in [2.45, 2.75) is 25.8 Å². The highest BCUT2D eigenvalue weighted by Crippen LogP contribution is 2.32. The molecule has 7 heteroatoms. The van der Waals surface area contributed by atoms with Crippen molar-refractivity contribution in [3.8, 4) is 0 Å². The van der Waals surface area contributed by atoms with E-state index in [1.54, 1.807) is 21.9 Å². The number of carbonyl (C=O) groups is 2. The minimum Gasteiger partial charge on any atom is -0.335 e. The highest BCUT2D eigenvalue weighted by Gasteiger charge is 2.37. The summed E-state index contributed by atoms with van der Waals surface area (Å²) in [6, 6.07) is 6.27. The molecular weight excluding hydrogens is 345 g/mol. The minimum atomic E-state index is -0.303. The van der Waals surface area contributed by atoms with E-state index in [1.807, 2.05) is 0 Å². The summed E-state index contributed by atoms with van der Waals surface area (Å²) in [4.78, 5) is 28.4. The van der Waals surface area contributed by atoms with E-state index in [-0.39, 0.29) is 48.4 Å². The van der Waals surface area contributed by atoms with Crippen LogP contribution in [0.1, 0.15) is 24.8 Å². The number of hydrogen-bond donors (Lipinski definition) is 1. The molecule has 0 radical (unpaired) electrons. The fourth-order valence-corrected chi connectivity index (χ4v) is 3.80. The number of nitrogens with zero attached hydrogens (tertiary/aromatic N) is 2. The SMILES string of the molecule is Cl.NC[C@H]1CCC[C@H]1C(=O)N1CCN(Cc2cccc(F)c2)C(=O)C1. The molecule has 1 aromatic rings. The van der Waals surface area contributed by atoms with E-state index in [4.69, 9.17) is 5.73 Å². The number of rotatable bonds is 4. The molecule has 3 rings (SSSR count). The maximum atomic E-state index is 13.3. The van der Waals surface area contributed by atoms with Gasteiger partial charge in [-0.25, -0.2) is 4.39 Å². The zero-order valence-corrected chi connectivity index (χ0v) is 15.0. The van der Waals surface area contributed by atoms with Crippen LogP contribution in [0, 0.1) is 17.7 Å². The minimum absolute atomic E-state index is 0. The van der Waals surface area contributed by atoms with Crippen LogP contribution in [0.4, 0.5) is 4.39 Å². The number of amides is 2. The first-order valence-electron chi connectivity index (χ1n) is 8.59. The topological polar surface area (TPSA) is 66.6 Å². The third-order valence-electron chi connectivity index (χ3n) is 5.17. The van der Waals surface area contributed by atoms with Crippen LogP contribution in [0.25, 0.3) is 0 Å². The number of hydrogen-bond acceptors (Lipinski definition) is 3. The van der Waals surface area contributed by atoms with Gasteiger partial charge in [0.25, 0.3) is 0 Å². The second-order valence-corrected chi connectivity index (χ2v) is 6.74. The summed E-state index contributed by atoms with van der Waals surface area (Å²) in [5.41, 5.74) is 6.53. The molecule has 0 spiro atoms. The molecule has 2 atom stereocenters. The molecule has 1 heterocycles. The number of piperazine rings is 1. The Morgan fingerprint density at radius 1 is 1.28 bits per heavy atom. The van der Waals surface area contributed by atoms with E-state index in [2.05, 4.69) is 0 Å². The Balaban J connectivity index is 0.00000225. The van der Waals surface area contributed by atoms with Crippen LogP contribution in [-0.2, 0) is 16.1 Å². The molecule has 2 aliphatic rings. The molecule has 1 aliphatic carbocycles. The van der Waals surface area contributed by atoms with E-state index < -0.39 is 0 Å². The van der Waals surface area contributed by atoms with Crippen molar-refractivity contribution in [3.63, 3.8) is 0 Å². The van der Waals surface area contributed by atoms with E-state index in [9.17, 15) is 14.0 Å². The summed E-state index contributed by atoms with van der Waals surface area (Å²) in [5, 5.41) is 0. The van der Waals surface area contributed by atoms with Gasteiger partial charge < -0.3 is 15.5 Å². The Morgan fingerprint density at radius 2 is 2.08 bits per heavy atom. The molecule has 0 bridgehead atoms. The van der Waals surface area contributed by atoms with Crippen LogP contribution in [0.3, 0.4) is 0 Å². The predicted molar refractivity (Wildman–Crippen MR) is 95.5 cm³/mol. The van der Waals surface area contributed by atoms with Gasteiger partial charge in [0.2, 0.25) is 11.8 Å². The largest absolute Gasteiger partial charge is 0.335 e. The Bertz CT molecular complexity index is 628. The lowest BCUT2D eigenvalue weighted by atomic mass is 9.94. The molecule has 25 heavy (non-hydrogen) atoms. The van der Waals surface area contributed by atoms with E-state index in [0.717, 1.165) is 24.8 Å². The van der Waals surface area contributed by atoms with Gasteiger partial charge in [0.15, 0.2) is 0 Å². The third-order valence-corrected chi connectivity index (χ3v) is 5.17. The van der Waals surface area contributed by atoms with Crippen molar-refractivity contribution in [1.82, 2.24) is 9.80 Å². The van der Waals surface area contributed by atoms with Gasteiger partial charge in [-0.2, -0.15) is 0 Å². The smallest absolute Gasteiger partial charge is 0.242 e. The summed E-state index contributed by atoms with van der Waals surface area (Å²) in [7, 11) is 0. The average Bonchev–Trinajstić information content (AvgIpc) is 3.04. The average molecular weight is 370 g/mol. The lowest BCUT2D eigenvalue weighted by molar-refractivity contribution is -0.148. The van der Waals surface area contributed by atoms with Gasteiger partial charge >= 0.3 is 0 Å². The van der Waals surface area contributed by atoms with Crippen LogP contribution in [0.5, 0.6) is 0 Å². The standard InChI is InChI=1S/C18H24FN3O2.ClH/c19-15-5-1-3-13(9-15)11-21-7-8-22(12-17(21)23)18(24)16-6-2-4-14(16)10-20;/h1,3,5,9,14,16H,2,4,6-8,10-12,20H2;1H/t14-,16-;/m1./s1. The third kappa shape index (κ3) is 4.50. The van der Waals surface area contributed by atoms with Crippen LogP contribution in [0.2, 0.25) is 0 Å². The summed E-state index contributed by atoms with van der Waals surface area (Å²) in [6.45, 7) is 2.05. The van der Waals surface area contributed by atoms with Gasteiger partial charge in [-0.05, 0) is 43.0 Å². The molecule has 1 aromatic carbocycles. The predicted octanol–water partition coefficient (Wildman–Crippen LogP) is 1.79. The number of benzene rings is 1. The first-order valence-corrected chi connectivity index (χ1v) is 8.59. The van der Waals surface area contributed by atoms with Gasteiger partial charge in [0.1, 0.15) is 5.82 Å². The normalized spacial score (nSPS) is 23.5. The van der Waals surface area contributed by atoms with Crippen molar-refractivity contribution in [3.05, 3.63) is 35.6 Å². The Hall–Kier alpha value is -1.66. The first kappa shape index (κ1) is 19.7. The van der Waals surface area contributed by atoms with E-state index in [0.29, 0.717) is 26.2 Å². The molecular formula is C18H25ClFN3O2. The maximum absolute atomic E-state index is 13.3. The van der Waals surface area contributed by atoms with Crippen molar-refractivity contribution >= 4 is 24.2 Å². The van der Waals surface area contributed by atoms with Crippen LogP contribution >= 0.6 is 12.4 Å². The summed E-state index contributed by atoms with van der Waals surface area (Å²) >= 11 is 0. The van der Waals surface area contributed by atoms with Crippen molar-refractivity contribution in [2.24, 2.45) is 17.6 Å². The lowest BCUT2D eigenvalue weighted by Gasteiger charge is -2.36. The zero-order valence-electron chi connectivity index (χ0n) is 14.2. The number of halogens is 2. The molecule has 5 nitrogen and oxygen atoms in total. The zero-order chi connectivity index (χ0) is 17.1. The second kappa shape index (κ2) is 8.63. The number of carbonyl (C=O) groups excluding carboxylic acids is 2. The molecule has 0 unspecified atom stereocenters. The lowest BCUT2D eigenvalue weighted by Crippen LogP contribution is -2.53. The molecule has 138 valence electrons. The molecule has 0 aromatic heterocycles. The molecule has 2 N–H and O–H groups in total. The monoisotopic (exact) mass is 369 g/mol. The van der Waals surface area contributed by atoms with Gasteiger partial charge in [-0.1, -0.05) is 18.6 Å². The van der Waals surface area contributed by atoms with E-state index >= 15 is 0 Å². The molecule has 1 saturated heterocycles. The number of nitrogens with two attached hydrogens (primary N) is 1. The fraction of sp³-hybridized carbons (Fsp3) is 0.556.